The van der Waals surface area contributed by atoms with Gasteiger partial charge in [0.2, 0.25) is 0 Å². The second kappa shape index (κ2) is 5.75. The minimum atomic E-state index is -0.263. The van der Waals surface area contributed by atoms with Gasteiger partial charge in [0.15, 0.2) is 0 Å². The standard InChI is InChI=1S/C12H22N2OS/c1-5-7-9-10(8-13)16-11(14-9)12(3,6-2)15-4/h5-8,13H2,1-4H3. The van der Waals surface area contributed by atoms with Gasteiger partial charge in [-0.15, -0.1) is 11.3 Å². The lowest BCUT2D eigenvalue weighted by molar-refractivity contribution is -0.00166. The Morgan fingerprint density at radius 2 is 2.12 bits per heavy atom. The zero-order chi connectivity index (χ0) is 12.2. The van der Waals surface area contributed by atoms with Crippen molar-refractivity contribution in [2.45, 2.75) is 52.2 Å². The Balaban J connectivity index is 3.06. The Morgan fingerprint density at radius 1 is 1.44 bits per heavy atom. The minimum absolute atomic E-state index is 0.263. The average Bonchev–Trinajstić information content (AvgIpc) is 2.72. The average molecular weight is 242 g/mol. The van der Waals surface area contributed by atoms with Gasteiger partial charge >= 0.3 is 0 Å². The van der Waals surface area contributed by atoms with Crippen molar-refractivity contribution in [3.63, 3.8) is 0 Å². The molecule has 1 heterocycles. The summed E-state index contributed by atoms with van der Waals surface area (Å²) >= 11 is 1.69. The van der Waals surface area contributed by atoms with Crippen LogP contribution in [0.5, 0.6) is 0 Å². The molecule has 0 spiro atoms. The summed E-state index contributed by atoms with van der Waals surface area (Å²) < 4.78 is 5.57. The van der Waals surface area contributed by atoms with Gasteiger partial charge in [0, 0.05) is 18.5 Å². The molecule has 4 heteroatoms. The third-order valence-electron chi connectivity index (χ3n) is 3.03. The number of rotatable bonds is 6. The highest BCUT2D eigenvalue weighted by molar-refractivity contribution is 7.11. The Kier molecular flexibility index (Phi) is 4.89. The van der Waals surface area contributed by atoms with Crippen molar-refractivity contribution in [3.05, 3.63) is 15.6 Å². The lowest BCUT2D eigenvalue weighted by atomic mass is 10.0. The van der Waals surface area contributed by atoms with Crippen LogP contribution in [0.2, 0.25) is 0 Å². The van der Waals surface area contributed by atoms with Gasteiger partial charge in [-0.1, -0.05) is 20.3 Å². The summed E-state index contributed by atoms with van der Waals surface area (Å²) in [7, 11) is 1.74. The summed E-state index contributed by atoms with van der Waals surface area (Å²) in [5.74, 6) is 0. The number of ether oxygens (including phenoxy) is 1. The summed E-state index contributed by atoms with van der Waals surface area (Å²) in [5.41, 5.74) is 6.64. The van der Waals surface area contributed by atoms with E-state index in [9.17, 15) is 0 Å². The van der Waals surface area contributed by atoms with Gasteiger partial charge < -0.3 is 10.5 Å². The van der Waals surface area contributed by atoms with E-state index in [2.05, 4.69) is 20.8 Å². The predicted molar refractivity (Wildman–Crippen MR) is 68.7 cm³/mol. The maximum absolute atomic E-state index is 5.75. The molecule has 0 aliphatic rings. The van der Waals surface area contributed by atoms with E-state index in [4.69, 9.17) is 15.5 Å². The topological polar surface area (TPSA) is 48.1 Å². The van der Waals surface area contributed by atoms with E-state index in [0.29, 0.717) is 6.54 Å². The number of hydrogen-bond acceptors (Lipinski definition) is 4. The summed E-state index contributed by atoms with van der Waals surface area (Å²) in [4.78, 5) is 5.90. The first-order valence-corrected chi connectivity index (χ1v) is 6.67. The molecule has 0 fully saturated rings. The second-order valence-electron chi connectivity index (χ2n) is 4.13. The number of aryl methyl sites for hydroxylation is 1. The van der Waals surface area contributed by atoms with Crippen LogP contribution < -0.4 is 5.73 Å². The van der Waals surface area contributed by atoms with E-state index in [-0.39, 0.29) is 5.60 Å². The van der Waals surface area contributed by atoms with E-state index in [0.717, 1.165) is 30.0 Å². The van der Waals surface area contributed by atoms with Gasteiger partial charge in [-0.3, -0.25) is 0 Å². The van der Waals surface area contributed by atoms with Crippen molar-refractivity contribution < 1.29 is 4.74 Å². The van der Waals surface area contributed by atoms with Gasteiger partial charge in [-0.25, -0.2) is 4.98 Å². The maximum atomic E-state index is 5.75. The number of nitrogens with two attached hydrogens (primary N) is 1. The third-order valence-corrected chi connectivity index (χ3v) is 4.39. The first kappa shape index (κ1) is 13.6. The van der Waals surface area contributed by atoms with Crippen molar-refractivity contribution in [2.75, 3.05) is 7.11 Å². The van der Waals surface area contributed by atoms with Gasteiger partial charge in [-0.2, -0.15) is 0 Å². The predicted octanol–water partition coefficient (Wildman–Crippen LogP) is 2.83. The molecule has 1 aromatic rings. The van der Waals surface area contributed by atoms with Gasteiger partial charge in [-0.05, 0) is 19.8 Å². The van der Waals surface area contributed by atoms with Crippen LogP contribution in [0.1, 0.15) is 49.2 Å². The van der Waals surface area contributed by atoms with Crippen molar-refractivity contribution in [2.24, 2.45) is 5.73 Å². The molecule has 1 rings (SSSR count). The summed E-state index contributed by atoms with van der Waals surface area (Å²) in [6.07, 6.45) is 3.03. The smallest absolute Gasteiger partial charge is 0.125 e. The molecule has 0 aliphatic carbocycles. The highest BCUT2D eigenvalue weighted by atomic mass is 32.1. The molecule has 92 valence electrons. The fourth-order valence-corrected chi connectivity index (χ4v) is 2.77. The van der Waals surface area contributed by atoms with E-state index < -0.39 is 0 Å². The van der Waals surface area contributed by atoms with Gasteiger partial charge in [0.05, 0.1) is 5.69 Å². The van der Waals surface area contributed by atoms with Crippen LogP contribution in [0.4, 0.5) is 0 Å². The lowest BCUT2D eigenvalue weighted by Crippen LogP contribution is -2.22. The van der Waals surface area contributed by atoms with Crippen LogP contribution in [0.15, 0.2) is 0 Å². The van der Waals surface area contributed by atoms with Crippen LogP contribution in [0.3, 0.4) is 0 Å². The zero-order valence-electron chi connectivity index (χ0n) is 10.7. The number of thiazole rings is 1. The first-order valence-electron chi connectivity index (χ1n) is 5.85. The molecule has 0 aliphatic heterocycles. The number of methoxy groups -OCH3 is 1. The molecular weight excluding hydrogens is 220 g/mol. The Hall–Kier alpha value is -0.450. The molecule has 0 radical (unpaired) electrons. The van der Waals surface area contributed by atoms with Crippen LogP contribution in [-0.4, -0.2) is 12.1 Å². The molecule has 1 aromatic heterocycles. The zero-order valence-corrected chi connectivity index (χ0v) is 11.5. The fraction of sp³-hybridized carbons (Fsp3) is 0.750. The molecule has 0 bridgehead atoms. The summed E-state index contributed by atoms with van der Waals surface area (Å²) in [5, 5.41) is 1.06. The summed E-state index contributed by atoms with van der Waals surface area (Å²) in [6, 6.07) is 0. The van der Waals surface area contributed by atoms with E-state index in [1.165, 1.54) is 4.88 Å². The number of nitrogens with zero attached hydrogens (tertiary/aromatic N) is 1. The lowest BCUT2D eigenvalue weighted by Gasteiger charge is -2.23. The van der Waals surface area contributed by atoms with Crippen molar-refractivity contribution in [1.29, 1.82) is 0 Å². The molecule has 0 saturated carbocycles. The SMILES string of the molecule is CCCc1nc(C(C)(CC)OC)sc1CN. The molecule has 0 saturated heterocycles. The van der Waals surface area contributed by atoms with Crippen LogP contribution >= 0.6 is 11.3 Å². The van der Waals surface area contributed by atoms with Gasteiger partial charge in [0.25, 0.3) is 0 Å². The Labute approximate surface area is 102 Å². The monoisotopic (exact) mass is 242 g/mol. The molecule has 3 nitrogen and oxygen atoms in total. The molecule has 2 N–H and O–H groups in total. The molecule has 1 atom stereocenters. The Morgan fingerprint density at radius 3 is 2.56 bits per heavy atom. The molecule has 0 amide bonds. The molecule has 16 heavy (non-hydrogen) atoms. The maximum Gasteiger partial charge on any atom is 0.125 e. The van der Waals surface area contributed by atoms with Crippen LogP contribution in [0.25, 0.3) is 0 Å². The van der Waals surface area contributed by atoms with Crippen LogP contribution in [0, 0.1) is 0 Å². The van der Waals surface area contributed by atoms with Crippen molar-refractivity contribution in [3.8, 4) is 0 Å². The fourth-order valence-electron chi connectivity index (χ4n) is 1.58. The molecule has 0 aromatic carbocycles. The first-order chi connectivity index (χ1) is 7.61. The minimum Gasteiger partial charge on any atom is -0.371 e. The molecule has 1 unspecified atom stereocenters. The van der Waals surface area contributed by atoms with E-state index in [1.807, 2.05) is 0 Å². The van der Waals surface area contributed by atoms with Crippen molar-refractivity contribution >= 4 is 11.3 Å². The Bertz CT molecular complexity index is 332. The second-order valence-corrected chi connectivity index (χ2v) is 5.22. The van der Waals surface area contributed by atoms with Crippen molar-refractivity contribution in [1.82, 2.24) is 4.98 Å². The number of aromatic nitrogens is 1. The summed E-state index contributed by atoms with van der Waals surface area (Å²) in [6.45, 7) is 6.94. The highest BCUT2D eigenvalue weighted by Gasteiger charge is 2.28. The van der Waals surface area contributed by atoms with Crippen LogP contribution in [-0.2, 0) is 23.3 Å². The van der Waals surface area contributed by atoms with E-state index >= 15 is 0 Å². The van der Waals surface area contributed by atoms with Gasteiger partial charge in [0.1, 0.15) is 10.6 Å². The normalized spacial score (nSPS) is 15.1. The number of hydrogen-bond donors (Lipinski definition) is 1. The third kappa shape index (κ3) is 2.62. The highest BCUT2D eigenvalue weighted by Crippen LogP contribution is 2.33. The molecular formula is C12H22N2OS. The largest absolute Gasteiger partial charge is 0.371 e. The quantitative estimate of drug-likeness (QED) is 0.834. The van der Waals surface area contributed by atoms with E-state index in [1.54, 1.807) is 18.4 Å².